The first kappa shape index (κ1) is 25.8. The van der Waals surface area contributed by atoms with Crippen LogP contribution in [0.3, 0.4) is 0 Å². The van der Waals surface area contributed by atoms with Crippen molar-refractivity contribution in [3.63, 3.8) is 0 Å². The summed E-state index contributed by atoms with van der Waals surface area (Å²) < 4.78 is 29.4. The highest BCUT2D eigenvalue weighted by atomic mass is 35.5. The number of pyridine rings is 2. The second kappa shape index (κ2) is 11.6. The van der Waals surface area contributed by atoms with E-state index in [4.69, 9.17) is 17.3 Å². The summed E-state index contributed by atoms with van der Waals surface area (Å²) in [5.74, 6) is -3.92. The molecule has 0 fully saturated rings. The molecule has 0 aliphatic rings. The summed E-state index contributed by atoms with van der Waals surface area (Å²) in [5.41, 5.74) is 6.91. The highest BCUT2D eigenvalue weighted by Gasteiger charge is 2.36. The number of nitrogens with zero attached hydrogens (tertiary/aromatic N) is 3. The lowest BCUT2D eigenvalue weighted by atomic mass is 10.0. The van der Waals surface area contributed by atoms with Gasteiger partial charge >= 0.3 is 11.7 Å². The molecule has 2 heterocycles. The second-order valence-electron chi connectivity index (χ2n) is 7.68. The third kappa shape index (κ3) is 6.62. The summed E-state index contributed by atoms with van der Waals surface area (Å²) in [4.78, 5) is 16.3. The van der Waals surface area contributed by atoms with Gasteiger partial charge in [-0.2, -0.15) is 14.0 Å². The van der Waals surface area contributed by atoms with Crippen LogP contribution in [0.2, 0.25) is 5.02 Å². The smallest absolute Gasteiger partial charge is 0.325 e. The Bertz CT molecular complexity index is 1230. The first-order valence-electron chi connectivity index (χ1n) is 10.7. The van der Waals surface area contributed by atoms with Gasteiger partial charge in [0, 0.05) is 23.8 Å². The fourth-order valence-electron chi connectivity index (χ4n) is 3.43. The van der Waals surface area contributed by atoms with Crippen LogP contribution in [-0.4, -0.2) is 29.2 Å². The Morgan fingerprint density at radius 1 is 1.23 bits per heavy atom. The number of alkyl halides is 2. The average Bonchev–Trinajstić information content (AvgIpc) is 2.85. The number of nitrogens with one attached hydrogen (secondary N) is 2. The molecule has 3 aromatic rings. The maximum Gasteiger partial charge on any atom is 0.325 e. The molecule has 0 radical (unpaired) electrons. The van der Waals surface area contributed by atoms with Crippen molar-refractivity contribution >= 4 is 23.3 Å². The topological polar surface area (TPSA) is 128 Å². The van der Waals surface area contributed by atoms with Crippen LogP contribution >= 0.6 is 11.6 Å². The Morgan fingerprint density at radius 2 is 2.03 bits per heavy atom. The van der Waals surface area contributed by atoms with Crippen molar-refractivity contribution in [2.45, 2.75) is 25.3 Å². The largest absolute Gasteiger partial charge is 0.352 e. The molecule has 0 unspecified atom stereocenters. The summed E-state index contributed by atoms with van der Waals surface area (Å²) >= 11 is 6.06. The summed E-state index contributed by atoms with van der Waals surface area (Å²) in [5, 5.41) is 25.7. The second-order valence-corrected chi connectivity index (χ2v) is 8.12. The fraction of sp³-hybridized carbons (Fsp3) is 0.250. The Labute approximate surface area is 205 Å². The molecule has 182 valence electrons. The lowest BCUT2D eigenvalue weighted by molar-refractivity contribution is -0.898. The van der Waals surface area contributed by atoms with Crippen LogP contribution in [0.15, 0.2) is 54.7 Å². The van der Waals surface area contributed by atoms with Crippen LogP contribution in [0, 0.1) is 11.3 Å². The molecule has 5 N–H and O–H groups in total. The van der Waals surface area contributed by atoms with E-state index in [9.17, 15) is 24.0 Å². The molecule has 3 rings (SSSR count). The van der Waals surface area contributed by atoms with Gasteiger partial charge in [-0.1, -0.05) is 23.7 Å². The molecule has 1 aromatic carbocycles. The number of carbonyl (C=O) groups excluding carboxylic acids is 1. The lowest BCUT2D eigenvalue weighted by Crippen LogP contribution is -2.43. The van der Waals surface area contributed by atoms with Crippen molar-refractivity contribution in [2.24, 2.45) is 5.73 Å². The van der Waals surface area contributed by atoms with Crippen LogP contribution in [0.5, 0.6) is 0 Å². The van der Waals surface area contributed by atoms with Gasteiger partial charge in [0.05, 0.1) is 12.0 Å². The minimum atomic E-state index is -3.32. The van der Waals surface area contributed by atoms with E-state index in [2.05, 4.69) is 15.6 Å². The van der Waals surface area contributed by atoms with Crippen molar-refractivity contribution in [1.82, 2.24) is 10.3 Å². The normalized spacial score (nSPS) is 11.1. The highest BCUT2D eigenvalue weighted by molar-refractivity contribution is 6.30. The molecule has 2 aromatic heterocycles. The van der Waals surface area contributed by atoms with E-state index >= 15 is 0 Å². The molecule has 1 amide bonds. The van der Waals surface area contributed by atoms with Gasteiger partial charge in [-0.05, 0) is 59.2 Å². The Balaban J connectivity index is 1.72. The number of hydrogen-bond donors (Lipinski definition) is 4. The molecule has 8 nitrogen and oxygen atoms in total. The van der Waals surface area contributed by atoms with E-state index < -0.39 is 24.1 Å². The number of carbonyl (C=O) groups is 1. The number of nitriles is 1. The number of nitrogens with two attached hydrogens (primary N) is 1. The van der Waals surface area contributed by atoms with Gasteiger partial charge in [0.1, 0.15) is 11.8 Å². The van der Waals surface area contributed by atoms with E-state index in [1.54, 1.807) is 12.1 Å². The van der Waals surface area contributed by atoms with Crippen LogP contribution in [0.4, 0.5) is 14.6 Å². The van der Waals surface area contributed by atoms with E-state index in [0.717, 1.165) is 11.1 Å². The van der Waals surface area contributed by atoms with Crippen LogP contribution in [0.1, 0.15) is 28.1 Å². The number of benzene rings is 1. The third-order valence-electron chi connectivity index (χ3n) is 5.24. The van der Waals surface area contributed by atoms with Gasteiger partial charge in [-0.3, -0.25) is 15.1 Å². The maximum absolute atomic E-state index is 14.5. The van der Waals surface area contributed by atoms with Gasteiger partial charge in [-0.25, -0.2) is 0 Å². The van der Waals surface area contributed by atoms with Crippen molar-refractivity contribution < 1.29 is 23.5 Å². The number of hydrogen-bond acceptors (Lipinski definition) is 6. The monoisotopic (exact) mass is 501 g/mol. The van der Waals surface area contributed by atoms with E-state index in [1.165, 1.54) is 36.5 Å². The van der Waals surface area contributed by atoms with Gasteiger partial charge in [0.15, 0.2) is 12.2 Å². The molecule has 0 spiro atoms. The molecule has 35 heavy (non-hydrogen) atoms. The standard InChI is InChI=1S/C24H23ClF2N6O2/c25-19-6-4-16(8-9-28)18(11-19)14-31-23(34)12-20-17(13-29)5-7-22(33(20)35)32-15-24(26,27)21-3-1-2-10-30-21/h1-7,10-11,35H,8-9,12,14-15,28H2,(H,31,34)/p+1. The molecule has 11 heteroatoms. The number of rotatable bonds is 10. The maximum atomic E-state index is 14.5. The number of amides is 1. The molecule has 0 saturated carbocycles. The van der Waals surface area contributed by atoms with Crippen LogP contribution in [-0.2, 0) is 30.1 Å². The van der Waals surface area contributed by atoms with E-state index in [-0.39, 0.29) is 30.0 Å². The van der Waals surface area contributed by atoms with Crippen molar-refractivity contribution in [1.29, 1.82) is 5.26 Å². The third-order valence-corrected chi connectivity index (χ3v) is 5.48. The van der Waals surface area contributed by atoms with Gasteiger partial charge < -0.3 is 16.3 Å². The van der Waals surface area contributed by atoms with Crippen molar-refractivity contribution in [3.8, 4) is 6.07 Å². The summed E-state index contributed by atoms with van der Waals surface area (Å²) in [6.45, 7) is -0.269. The predicted molar refractivity (Wildman–Crippen MR) is 125 cm³/mol. The summed E-state index contributed by atoms with van der Waals surface area (Å²) in [6.07, 6.45) is 1.50. The zero-order valence-corrected chi connectivity index (χ0v) is 19.4. The van der Waals surface area contributed by atoms with Gasteiger partial charge in [0.25, 0.3) is 0 Å². The fourth-order valence-corrected chi connectivity index (χ4v) is 3.63. The van der Waals surface area contributed by atoms with E-state index in [0.29, 0.717) is 22.7 Å². The van der Waals surface area contributed by atoms with E-state index in [1.807, 2.05) is 12.1 Å². The predicted octanol–water partition coefficient (Wildman–Crippen LogP) is 2.70. The molecule has 0 saturated heterocycles. The lowest BCUT2D eigenvalue weighted by Gasteiger charge is -2.14. The average molecular weight is 502 g/mol. The first-order valence-corrected chi connectivity index (χ1v) is 11.1. The van der Waals surface area contributed by atoms with Gasteiger partial charge in [0.2, 0.25) is 5.91 Å². The Kier molecular flexibility index (Phi) is 8.52. The zero-order valence-electron chi connectivity index (χ0n) is 18.6. The zero-order chi connectivity index (χ0) is 25.4. The molecule has 0 aliphatic carbocycles. The molecular weight excluding hydrogens is 478 g/mol. The summed E-state index contributed by atoms with van der Waals surface area (Å²) in [6, 6.07) is 14.0. The molecule has 0 atom stereocenters. The quantitative estimate of drug-likeness (QED) is 0.250. The Morgan fingerprint density at radius 3 is 2.71 bits per heavy atom. The molecular formula is C24H24ClF2N6O2+. The Hall–Kier alpha value is -3.81. The van der Waals surface area contributed by atoms with Crippen LogP contribution < -0.4 is 21.1 Å². The minimum absolute atomic E-state index is 0.0243. The first-order chi connectivity index (χ1) is 16.7. The highest BCUT2D eigenvalue weighted by Crippen LogP contribution is 2.26. The molecule has 0 bridgehead atoms. The SMILES string of the molecule is N#Cc1ccc(NCC(F)(F)c2ccccn2)[n+](O)c1CC(=O)NCc1cc(Cl)ccc1CCN. The minimum Gasteiger partial charge on any atom is -0.352 e. The van der Waals surface area contributed by atoms with Crippen molar-refractivity contribution in [2.75, 3.05) is 18.4 Å². The number of aromatic nitrogens is 2. The molecule has 0 aliphatic heterocycles. The van der Waals surface area contributed by atoms with Crippen LogP contribution in [0.25, 0.3) is 0 Å². The number of anilines is 1. The summed E-state index contributed by atoms with van der Waals surface area (Å²) in [7, 11) is 0. The number of halogens is 3. The van der Waals surface area contributed by atoms with Crippen molar-refractivity contribution in [3.05, 3.63) is 87.8 Å². The van der Waals surface area contributed by atoms with Gasteiger partial charge in [-0.15, -0.1) is 0 Å².